The van der Waals surface area contributed by atoms with Crippen molar-refractivity contribution in [2.45, 2.75) is 31.8 Å². The van der Waals surface area contributed by atoms with E-state index in [1.54, 1.807) is 12.3 Å². The number of hydrogen-bond acceptors (Lipinski definition) is 4. The molecule has 1 aromatic rings. The van der Waals surface area contributed by atoms with Gasteiger partial charge in [-0.05, 0) is 31.9 Å². The smallest absolute Gasteiger partial charge is 0.407 e. The third-order valence-electron chi connectivity index (χ3n) is 4.29. The fourth-order valence-corrected chi connectivity index (χ4v) is 3.03. The van der Waals surface area contributed by atoms with Crippen LogP contribution in [0.1, 0.15) is 35.3 Å². The summed E-state index contributed by atoms with van der Waals surface area (Å²) in [5.74, 6) is 0.00920. The molecule has 1 spiro atoms. The molecule has 3 heterocycles. The molecule has 1 unspecified atom stereocenters. The van der Waals surface area contributed by atoms with E-state index in [0.717, 1.165) is 18.5 Å². The van der Waals surface area contributed by atoms with E-state index in [2.05, 4.69) is 10.3 Å². The summed E-state index contributed by atoms with van der Waals surface area (Å²) in [4.78, 5) is 29.9. The Morgan fingerprint density at radius 1 is 1.43 bits per heavy atom. The van der Waals surface area contributed by atoms with E-state index < -0.39 is 5.60 Å². The zero-order valence-corrected chi connectivity index (χ0v) is 12.1. The summed E-state index contributed by atoms with van der Waals surface area (Å²) in [6.07, 6.45) is 3.64. The molecule has 2 fully saturated rings. The second kappa shape index (κ2) is 5.35. The van der Waals surface area contributed by atoms with Crippen molar-refractivity contribution in [1.29, 1.82) is 0 Å². The number of alkyl carbamates (subject to hydrolysis) is 1. The Labute approximate surface area is 123 Å². The minimum Gasteiger partial charge on any atom is -0.441 e. The number of pyridine rings is 1. The van der Waals surface area contributed by atoms with Crippen LogP contribution in [0.3, 0.4) is 0 Å². The molecular formula is C15H19N3O3. The van der Waals surface area contributed by atoms with Crippen molar-refractivity contribution < 1.29 is 14.3 Å². The second-order valence-electron chi connectivity index (χ2n) is 5.71. The second-order valence-corrected chi connectivity index (χ2v) is 5.71. The van der Waals surface area contributed by atoms with Crippen LogP contribution in [-0.2, 0) is 4.74 Å². The average molecular weight is 289 g/mol. The minimum absolute atomic E-state index is 0.00920. The van der Waals surface area contributed by atoms with Gasteiger partial charge in [-0.1, -0.05) is 0 Å². The summed E-state index contributed by atoms with van der Waals surface area (Å²) < 4.78 is 5.43. The van der Waals surface area contributed by atoms with Crippen LogP contribution in [0.25, 0.3) is 0 Å². The standard InChI is InChI=1S/C15H19N3O3/c1-11-12(4-2-7-16-11)13(19)18-8-3-5-15(6-9-18)10-17-14(20)21-15/h2,4,7H,3,5-6,8-10H2,1H3,(H,17,20). The lowest BCUT2D eigenvalue weighted by Gasteiger charge is -2.25. The Morgan fingerprint density at radius 3 is 3.00 bits per heavy atom. The number of amides is 2. The van der Waals surface area contributed by atoms with Crippen molar-refractivity contribution in [3.63, 3.8) is 0 Å². The molecule has 2 aliphatic heterocycles. The van der Waals surface area contributed by atoms with Gasteiger partial charge in [0.15, 0.2) is 0 Å². The van der Waals surface area contributed by atoms with E-state index in [1.165, 1.54) is 0 Å². The molecule has 1 atom stereocenters. The highest BCUT2D eigenvalue weighted by atomic mass is 16.6. The molecule has 6 heteroatoms. The number of aromatic nitrogens is 1. The van der Waals surface area contributed by atoms with Gasteiger partial charge in [-0.3, -0.25) is 9.78 Å². The summed E-state index contributed by atoms with van der Waals surface area (Å²) in [6, 6.07) is 3.59. The van der Waals surface area contributed by atoms with Crippen molar-refractivity contribution in [3.05, 3.63) is 29.6 Å². The molecule has 0 bridgehead atoms. The van der Waals surface area contributed by atoms with Crippen LogP contribution in [0, 0.1) is 6.92 Å². The van der Waals surface area contributed by atoms with Gasteiger partial charge in [0.05, 0.1) is 12.1 Å². The van der Waals surface area contributed by atoms with Crippen LogP contribution in [0.5, 0.6) is 0 Å². The number of nitrogens with zero attached hydrogens (tertiary/aromatic N) is 2. The third-order valence-corrected chi connectivity index (χ3v) is 4.29. The summed E-state index contributed by atoms with van der Waals surface area (Å²) in [7, 11) is 0. The van der Waals surface area contributed by atoms with Gasteiger partial charge in [0.2, 0.25) is 0 Å². The monoisotopic (exact) mass is 289 g/mol. The van der Waals surface area contributed by atoms with Crippen molar-refractivity contribution in [2.75, 3.05) is 19.6 Å². The molecule has 0 saturated carbocycles. The maximum absolute atomic E-state index is 12.6. The van der Waals surface area contributed by atoms with Crippen molar-refractivity contribution in [1.82, 2.24) is 15.2 Å². The Bertz CT molecular complexity index is 575. The van der Waals surface area contributed by atoms with Crippen LogP contribution >= 0.6 is 0 Å². The Kier molecular flexibility index (Phi) is 3.53. The Hall–Kier alpha value is -2.11. The van der Waals surface area contributed by atoms with E-state index in [1.807, 2.05) is 17.9 Å². The largest absolute Gasteiger partial charge is 0.441 e. The van der Waals surface area contributed by atoms with Crippen molar-refractivity contribution >= 4 is 12.0 Å². The van der Waals surface area contributed by atoms with Gasteiger partial charge in [-0.15, -0.1) is 0 Å². The van der Waals surface area contributed by atoms with Crippen LogP contribution in [0.2, 0.25) is 0 Å². The highest BCUT2D eigenvalue weighted by molar-refractivity contribution is 5.95. The first-order valence-corrected chi connectivity index (χ1v) is 7.27. The van der Waals surface area contributed by atoms with Gasteiger partial charge < -0.3 is 15.0 Å². The molecule has 6 nitrogen and oxygen atoms in total. The maximum Gasteiger partial charge on any atom is 0.407 e. The normalized spacial score (nSPS) is 25.4. The zero-order chi connectivity index (χ0) is 14.9. The molecule has 3 rings (SSSR count). The van der Waals surface area contributed by atoms with Gasteiger partial charge in [-0.25, -0.2) is 4.79 Å². The van der Waals surface area contributed by atoms with Crippen LogP contribution in [0.4, 0.5) is 4.79 Å². The van der Waals surface area contributed by atoms with Gasteiger partial charge in [0.25, 0.3) is 5.91 Å². The van der Waals surface area contributed by atoms with Gasteiger partial charge >= 0.3 is 6.09 Å². The number of carbonyl (C=O) groups is 2. The zero-order valence-electron chi connectivity index (χ0n) is 12.1. The van der Waals surface area contributed by atoms with E-state index in [0.29, 0.717) is 31.6 Å². The van der Waals surface area contributed by atoms with Crippen LogP contribution < -0.4 is 5.32 Å². The molecular weight excluding hydrogens is 270 g/mol. The quantitative estimate of drug-likeness (QED) is 0.850. The molecule has 0 aliphatic carbocycles. The molecule has 2 saturated heterocycles. The van der Waals surface area contributed by atoms with Crippen LogP contribution in [-0.4, -0.2) is 47.1 Å². The fourth-order valence-electron chi connectivity index (χ4n) is 3.03. The van der Waals surface area contributed by atoms with Crippen molar-refractivity contribution in [3.8, 4) is 0 Å². The maximum atomic E-state index is 12.6. The molecule has 0 aromatic carbocycles. The average Bonchev–Trinajstić information content (AvgIpc) is 2.71. The number of likely N-dealkylation sites (tertiary alicyclic amines) is 1. The third kappa shape index (κ3) is 2.70. The van der Waals surface area contributed by atoms with Crippen molar-refractivity contribution in [2.24, 2.45) is 0 Å². The number of rotatable bonds is 1. The summed E-state index contributed by atoms with van der Waals surface area (Å²) >= 11 is 0. The first-order valence-electron chi connectivity index (χ1n) is 7.27. The molecule has 2 aliphatic rings. The van der Waals surface area contributed by atoms with Crippen LogP contribution in [0.15, 0.2) is 18.3 Å². The SMILES string of the molecule is Cc1ncccc1C(=O)N1CCCC2(CC1)CNC(=O)O2. The lowest BCUT2D eigenvalue weighted by atomic mass is 9.95. The van der Waals surface area contributed by atoms with E-state index in [9.17, 15) is 9.59 Å². The first kappa shape index (κ1) is 13.9. The Balaban J connectivity index is 1.72. The predicted octanol–water partition coefficient (Wildman–Crippen LogP) is 1.49. The van der Waals surface area contributed by atoms with E-state index >= 15 is 0 Å². The summed E-state index contributed by atoms with van der Waals surface area (Å²) in [5, 5.41) is 2.72. The van der Waals surface area contributed by atoms with Gasteiger partial charge in [0, 0.05) is 31.4 Å². The number of aryl methyl sites for hydroxylation is 1. The summed E-state index contributed by atoms with van der Waals surface area (Å²) in [5.41, 5.74) is 0.959. The first-order chi connectivity index (χ1) is 10.1. The number of hydrogen-bond donors (Lipinski definition) is 1. The molecule has 0 radical (unpaired) electrons. The molecule has 1 aromatic heterocycles. The topological polar surface area (TPSA) is 71.5 Å². The number of nitrogens with one attached hydrogen (secondary N) is 1. The highest BCUT2D eigenvalue weighted by Gasteiger charge is 2.41. The molecule has 112 valence electrons. The van der Waals surface area contributed by atoms with Gasteiger partial charge in [0.1, 0.15) is 5.60 Å². The number of ether oxygens (including phenoxy) is 1. The minimum atomic E-state index is -0.434. The lowest BCUT2D eigenvalue weighted by molar-refractivity contribution is 0.0438. The molecule has 1 N–H and O–H groups in total. The van der Waals surface area contributed by atoms with E-state index in [-0.39, 0.29) is 12.0 Å². The molecule has 2 amide bonds. The number of carbonyl (C=O) groups excluding carboxylic acids is 2. The van der Waals surface area contributed by atoms with Gasteiger partial charge in [-0.2, -0.15) is 0 Å². The summed E-state index contributed by atoms with van der Waals surface area (Å²) in [6.45, 7) is 3.67. The fraction of sp³-hybridized carbons (Fsp3) is 0.533. The lowest BCUT2D eigenvalue weighted by Crippen LogP contribution is -2.36. The highest BCUT2D eigenvalue weighted by Crippen LogP contribution is 2.29. The van der Waals surface area contributed by atoms with E-state index in [4.69, 9.17) is 4.74 Å². The Morgan fingerprint density at radius 2 is 2.29 bits per heavy atom. The predicted molar refractivity (Wildman–Crippen MR) is 75.9 cm³/mol. The molecule has 21 heavy (non-hydrogen) atoms.